The van der Waals surface area contributed by atoms with Crippen LogP contribution in [0.25, 0.3) is 0 Å². The standard InChI is InChI=1S/C12H23N5O.C2H6/c1-13-8-2-3-9(6-8)14-12(18)11-7-17(16-15-11)10-4-5-10;1-2/h8-11,13,15-16H,2-7H2,1H3,(H,14,18);1-2H3. The number of amides is 1. The fourth-order valence-corrected chi connectivity index (χ4v) is 2.90. The van der Waals surface area contributed by atoms with Crippen LogP contribution < -0.4 is 21.6 Å². The van der Waals surface area contributed by atoms with E-state index in [9.17, 15) is 4.79 Å². The van der Waals surface area contributed by atoms with E-state index in [1.807, 2.05) is 20.9 Å². The third kappa shape index (κ3) is 3.91. The molecule has 0 radical (unpaired) electrons. The van der Waals surface area contributed by atoms with Crippen LogP contribution in [0.3, 0.4) is 0 Å². The summed E-state index contributed by atoms with van der Waals surface area (Å²) in [5.74, 6) is 0.132. The molecule has 4 N–H and O–H groups in total. The summed E-state index contributed by atoms with van der Waals surface area (Å²) in [7, 11) is 1.99. The molecular weight excluding hydrogens is 254 g/mol. The first-order valence-corrected chi connectivity index (χ1v) is 8.01. The van der Waals surface area contributed by atoms with E-state index in [2.05, 4.69) is 26.6 Å². The van der Waals surface area contributed by atoms with Crippen LogP contribution in [-0.4, -0.2) is 48.7 Å². The zero-order chi connectivity index (χ0) is 14.5. The molecule has 0 bridgehead atoms. The maximum Gasteiger partial charge on any atom is 0.240 e. The summed E-state index contributed by atoms with van der Waals surface area (Å²) < 4.78 is 0. The molecule has 2 aliphatic carbocycles. The predicted octanol–water partition coefficient (Wildman–Crippen LogP) is 0.125. The van der Waals surface area contributed by atoms with Crippen molar-refractivity contribution in [2.45, 2.75) is 70.1 Å². The van der Waals surface area contributed by atoms with Gasteiger partial charge < -0.3 is 10.6 Å². The molecule has 1 heterocycles. The molecule has 116 valence electrons. The maximum atomic E-state index is 12.1. The Labute approximate surface area is 122 Å². The average Bonchev–Trinajstić information content (AvgIpc) is 3.04. The van der Waals surface area contributed by atoms with Gasteiger partial charge >= 0.3 is 0 Å². The lowest BCUT2D eigenvalue weighted by Crippen LogP contribution is -2.47. The maximum absolute atomic E-state index is 12.1. The second kappa shape index (κ2) is 7.36. The first-order chi connectivity index (χ1) is 9.76. The third-order valence-electron chi connectivity index (χ3n) is 4.25. The molecule has 0 aromatic heterocycles. The van der Waals surface area contributed by atoms with Crippen molar-refractivity contribution in [2.24, 2.45) is 0 Å². The highest BCUT2D eigenvalue weighted by molar-refractivity contribution is 5.82. The van der Waals surface area contributed by atoms with E-state index < -0.39 is 0 Å². The summed E-state index contributed by atoms with van der Waals surface area (Å²) in [6.07, 6.45) is 5.79. The fraction of sp³-hybridized carbons (Fsp3) is 0.929. The quantitative estimate of drug-likeness (QED) is 0.590. The van der Waals surface area contributed by atoms with Crippen molar-refractivity contribution in [1.82, 2.24) is 26.6 Å². The largest absolute Gasteiger partial charge is 0.352 e. The molecule has 3 fully saturated rings. The highest BCUT2D eigenvalue weighted by Gasteiger charge is 2.37. The number of rotatable bonds is 4. The molecule has 1 aliphatic heterocycles. The SMILES string of the molecule is CC.CNC1CCC(NC(=O)C2CN(C3CC3)NN2)C1. The van der Waals surface area contributed by atoms with E-state index in [-0.39, 0.29) is 11.9 Å². The summed E-state index contributed by atoms with van der Waals surface area (Å²) in [4.78, 5) is 12.1. The molecule has 3 atom stereocenters. The van der Waals surface area contributed by atoms with Crippen LogP contribution in [0, 0.1) is 0 Å². The third-order valence-corrected chi connectivity index (χ3v) is 4.25. The van der Waals surface area contributed by atoms with Gasteiger partial charge in [0.05, 0.1) is 0 Å². The topological polar surface area (TPSA) is 68.4 Å². The summed E-state index contributed by atoms with van der Waals surface area (Å²) in [6, 6.07) is 1.43. The van der Waals surface area contributed by atoms with Gasteiger partial charge in [0, 0.05) is 24.7 Å². The Hall–Kier alpha value is -0.690. The second-order valence-electron chi connectivity index (χ2n) is 5.70. The molecule has 6 nitrogen and oxygen atoms in total. The average molecular weight is 283 g/mol. The highest BCUT2D eigenvalue weighted by atomic mass is 16.2. The summed E-state index contributed by atoms with van der Waals surface area (Å²) in [6.45, 7) is 4.78. The Morgan fingerprint density at radius 3 is 2.45 bits per heavy atom. The van der Waals surface area contributed by atoms with Crippen molar-refractivity contribution < 1.29 is 4.79 Å². The Balaban J connectivity index is 0.000000704. The van der Waals surface area contributed by atoms with Gasteiger partial charge in [-0.05, 0) is 39.2 Å². The van der Waals surface area contributed by atoms with Crippen molar-refractivity contribution in [3.8, 4) is 0 Å². The number of hydrogen-bond acceptors (Lipinski definition) is 5. The highest BCUT2D eigenvalue weighted by Crippen LogP contribution is 2.26. The van der Waals surface area contributed by atoms with Crippen LogP contribution in [0.2, 0.25) is 0 Å². The van der Waals surface area contributed by atoms with Crippen LogP contribution in [0.15, 0.2) is 0 Å². The zero-order valence-electron chi connectivity index (χ0n) is 12.9. The first-order valence-electron chi connectivity index (χ1n) is 8.01. The molecule has 0 aromatic rings. The summed E-state index contributed by atoms with van der Waals surface area (Å²) in [5, 5.41) is 8.58. The molecule has 0 aromatic carbocycles. The molecule has 3 aliphatic rings. The van der Waals surface area contributed by atoms with Crippen molar-refractivity contribution in [3.05, 3.63) is 0 Å². The minimum absolute atomic E-state index is 0.112. The Bertz CT molecular complexity index is 321. The Morgan fingerprint density at radius 1 is 1.15 bits per heavy atom. The van der Waals surface area contributed by atoms with Gasteiger partial charge in [0.25, 0.3) is 0 Å². The lowest BCUT2D eigenvalue weighted by Gasteiger charge is -2.16. The van der Waals surface area contributed by atoms with Crippen molar-refractivity contribution in [3.63, 3.8) is 0 Å². The van der Waals surface area contributed by atoms with E-state index in [1.165, 1.54) is 12.8 Å². The monoisotopic (exact) mass is 283 g/mol. The van der Waals surface area contributed by atoms with Gasteiger partial charge in [-0.25, -0.2) is 10.4 Å². The van der Waals surface area contributed by atoms with Gasteiger partial charge in [-0.1, -0.05) is 13.8 Å². The number of nitrogens with one attached hydrogen (secondary N) is 4. The van der Waals surface area contributed by atoms with Crippen LogP contribution >= 0.6 is 0 Å². The number of nitrogens with zero attached hydrogens (tertiary/aromatic N) is 1. The fourth-order valence-electron chi connectivity index (χ4n) is 2.90. The Morgan fingerprint density at radius 2 is 1.85 bits per heavy atom. The molecule has 0 spiro atoms. The van der Waals surface area contributed by atoms with Gasteiger partial charge in [0.15, 0.2) is 0 Å². The lowest BCUT2D eigenvalue weighted by atomic mass is 10.2. The molecule has 6 heteroatoms. The zero-order valence-corrected chi connectivity index (χ0v) is 12.9. The molecular formula is C14H29N5O. The van der Waals surface area contributed by atoms with E-state index in [4.69, 9.17) is 0 Å². The number of hydrazine groups is 2. The van der Waals surface area contributed by atoms with Crippen molar-refractivity contribution >= 4 is 5.91 Å². The van der Waals surface area contributed by atoms with E-state index in [0.717, 1.165) is 25.8 Å². The molecule has 1 amide bonds. The number of carbonyl (C=O) groups excluding carboxylic acids is 1. The van der Waals surface area contributed by atoms with Gasteiger partial charge in [-0.15, -0.1) is 0 Å². The van der Waals surface area contributed by atoms with Crippen LogP contribution in [0.1, 0.15) is 46.0 Å². The van der Waals surface area contributed by atoms with Crippen LogP contribution in [-0.2, 0) is 4.79 Å². The van der Waals surface area contributed by atoms with Gasteiger partial charge in [-0.3, -0.25) is 4.79 Å². The van der Waals surface area contributed by atoms with Crippen LogP contribution in [0.5, 0.6) is 0 Å². The van der Waals surface area contributed by atoms with E-state index in [0.29, 0.717) is 18.1 Å². The predicted molar refractivity (Wildman–Crippen MR) is 79.8 cm³/mol. The van der Waals surface area contributed by atoms with Gasteiger partial charge in [-0.2, -0.15) is 5.53 Å². The van der Waals surface area contributed by atoms with E-state index >= 15 is 0 Å². The van der Waals surface area contributed by atoms with E-state index in [1.54, 1.807) is 0 Å². The normalized spacial score (nSPS) is 33.6. The second-order valence-corrected chi connectivity index (χ2v) is 5.70. The molecule has 1 saturated heterocycles. The molecule has 3 unspecified atom stereocenters. The minimum Gasteiger partial charge on any atom is -0.352 e. The summed E-state index contributed by atoms with van der Waals surface area (Å²) >= 11 is 0. The van der Waals surface area contributed by atoms with Crippen molar-refractivity contribution in [1.29, 1.82) is 0 Å². The summed E-state index contributed by atoms with van der Waals surface area (Å²) in [5.41, 5.74) is 6.18. The van der Waals surface area contributed by atoms with Gasteiger partial charge in [0.1, 0.15) is 6.04 Å². The molecule has 3 rings (SSSR count). The van der Waals surface area contributed by atoms with Gasteiger partial charge in [0.2, 0.25) is 5.91 Å². The lowest BCUT2D eigenvalue weighted by molar-refractivity contribution is -0.123. The minimum atomic E-state index is -0.112. The van der Waals surface area contributed by atoms with Crippen LogP contribution in [0.4, 0.5) is 0 Å². The number of hydrogen-bond donors (Lipinski definition) is 4. The molecule has 2 saturated carbocycles. The first kappa shape index (κ1) is 15.7. The van der Waals surface area contributed by atoms with Crippen molar-refractivity contribution in [2.75, 3.05) is 13.6 Å². The Kier molecular flexibility index (Phi) is 5.77. The molecule has 20 heavy (non-hydrogen) atoms. The number of carbonyl (C=O) groups is 1. The smallest absolute Gasteiger partial charge is 0.240 e.